The number of aromatic carboxylic acids is 1. The third-order valence-corrected chi connectivity index (χ3v) is 5.44. The van der Waals surface area contributed by atoms with Crippen LogP contribution in [0.25, 0.3) is 32.4 Å². The molecule has 0 saturated carbocycles. The highest BCUT2D eigenvalue weighted by atomic mass is 32.1. The molecule has 0 aliphatic heterocycles. The zero-order valence-electron chi connectivity index (χ0n) is 14.4. The number of aromatic amines is 1. The van der Waals surface area contributed by atoms with Crippen molar-refractivity contribution in [3.8, 4) is 11.4 Å². The average molecular weight is 387 g/mol. The van der Waals surface area contributed by atoms with Crippen LogP contribution in [0.15, 0.2) is 60.9 Å². The number of nitrogens with one attached hydrogen (secondary N) is 2. The van der Waals surface area contributed by atoms with E-state index in [9.17, 15) is 9.90 Å². The van der Waals surface area contributed by atoms with Gasteiger partial charge in [-0.05, 0) is 41.8 Å². The molecule has 7 nitrogen and oxygen atoms in total. The molecule has 136 valence electrons. The molecule has 0 aliphatic carbocycles. The number of fused-ring (bicyclic) bond motifs is 2. The molecular formula is C20H13N5O2S. The van der Waals surface area contributed by atoms with Gasteiger partial charge in [0, 0.05) is 27.5 Å². The Morgan fingerprint density at radius 1 is 1.07 bits per heavy atom. The van der Waals surface area contributed by atoms with Crippen molar-refractivity contribution in [1.29, 1.82) is 0 Å². The molecule has 0 amide bonds. The lowest BCUT2D eigenvalue weighted by Crippen LogP contribution is -1.96. The highest BCUT2D eigenvalue weighted by molar-refractivity contribution is 7.20. The van der Waals surface area contributed by atoms with Gasteiger partial charge in [0.25, 0.3) is 0 Å². The maximum atomic E-state index is 11.2. The number of rotatable bonds is 4. The van der Waals surface area contributed by atoms with Crippen LogP contribution in [-0.4, -0.2) is 31.2 Å². The van der Waals surface area contributed by atoms with E-state index in [2.05, 4.69) is 25.5 Å². The monoisotopic (exact) mass is 387 g/mol. The van der Waals surface area contributed by atoms with Crippen molar-refractivity contribution in [3.63, 3.8) is 0 Å². The Morgan fingerprint density at radius 2 is 2.00 bits per heavy atom. The van der Waals surface area contributed by atoms with E-state index < -0.39 is 5.97 Å². The summed E-state index contributed by atoms with van der Waals surface area (Å²) >= 11 is 1.24. The highest BCUT2D eigenvalue weighted by Crippen LogP contribution is 2.30. The molecule has 0 radical (unpaired) electrons. The third-order valence-electron chi connectivity index (χ3n) is 4.36. The van der Waals surface area contributed by atoms with E-state index in [1.807, 2.05) is 36.4 Å². The summed E-state index contributed by atoms with van der Waals surface area (Å²) < 4.78 is 0.891. The molecular weight excluding hydrogens is 374 g/mol. The molecule has 28 heavy (non-hydrogen) atoms. The molecule has 0 spiro atoms. The Hall–Kier alpha value is -3.78. The van der Waals surface area contributed by atoms with Gasteiger partial charge >= 0.3 is 5.97 Å². The minimum atomic E-state index is -0.917. The lowest BCUT2D eigenvalue weighted by atomic mass is 10.1. The van der Waals surface area contributed by atoms with Gasteiger partial charge in [-0.25, -0.2) is 14.8 Å². The Kier molecular flexibility index (Phi) is 3.77. The minimum Gasteiger partial charge on any atom is -0.477 e. The van der Waals surface area contributed by atoms with Crippen LogP contribution in [0.2, 0.25) is 0 Å². The molecule has 0 aliphatic rings. The van der Waals surface area contributed by atoms with Gasteiger partial charge in [0.05, 0.1) is 11.7 Å². The van der Waals surface area contributed by atoms with Gasteiger partial charge < -0.3 is 10.4 Å². The Bertz CT molecular complexity index is 1340. The van der Waals surface area contributed by atoms with Crippen molar-refractivity contribution in [2.45, 2.75) is 0 Å². The second kappa shape index (κ2) is 6.43. The topological polar surface area (TPSA) is 104 Å². The fourth-order valence-corrected chi connectivity index (χ4v) is 3.95. The van der Waals surface area contributed by atoms with Crippen molar-refractivity contribution >= 4 is 49.8 Å². The van der Waals surface area contributed by atoms with E-state index in [0.29, 0.717) is 16.5 Å². The number of thiophene rings is 1. The summed E-state index contributed by atoms with van der Waals surface area (Å²) in [7, 11) is 0. The summed E-state index contributed by atoms with van der Waals surface area (Å²) in [4.78, 5) is 20.5. The summed E-state index contributed by atoms with van der Waals surface area (Å²) in [5, 5.41) is 21.3. The van der Waals surface area contributed by atoms with Crippen LogP contribution in [-0.2, 0) is 0 Å². The molecule has 3 N–H and O–H groups in total. The van der Waals surface area contributed by atoms with E-state index in [0.717, 1.165) is 32.2 Å². The average Bonchev–Trinajstić information content (AvgIpc) is 3.34. The van der Waals surface area contributed by atoms with Crippen LogP contribution in [0, 0.1) is 0 Å². The van der Waals surface area contributed by atoms with Crippen LogP contribution < -0.4 is 5.32 Å². The number of anilines is 2. The molecule has 0 saturated heterocycles. The number of nitrogens with zero attached hydrogens (tertiary/aromatic N) is 3. The second-order valence-corrected chi connectivity index (χ2v) is 7.31. The molecule has 2 aromatic carbocycles. The largest absolute Gasteiger partial charge is 0.477 e. The van der Waals surface area contributed by atoms with E-state index in [-0.39, 0.29) is 0 Å². The molecule has 8 heteroatoms. The first kappa shape index (κ1) is 16.4. The summed E-state index contributed by atoms with van der Waals surface area (Å²) in [6.07, 6.45) is 3.47. The minimum absolute atomic E-state index is 0.318. The Labute approximate surface area is 162 Å². The number of carboxylic acids is 1. The molecule has 0 unspecified atom stereocenters. The number of benzene rings is 2. The Balaban J connectivity index is 1.47. The first-order chi connectivity index (χ1) is 13.7. The normalized spacial score (nSPS) is 11.1. The smallest absolute Gasteiger partial charge is 0.345 e. The Morgan fingerprint density at radius 3 is 2.89 bits per heavy atom. The van der Waals surface area contributed by atoms with Gasteiger partial charge in [0.2, 0.25) is 0 Å². The maximum absolute atomic E-state index is 11.2. The van der Waals surface area contributed by atoms with Crippen molar-refractivity contribution < 1.29 is 9.90 Å². The number of hydrogen-bond acceptors (Lipinski definition) is 6. The quantitative estimate of drug-likeness (QED) is 0.414. The van der Waals surface area contributed by atoms with Gasteiger partial charge in [-0.1, -0.05) is 12.1 Å². The predicted molar refractivity (Wildman–Crippen MR) is 109 cm³/mol. The van der Waals surface area contributed by atoms with Gasteiger partial charge in [0.15, 0.2) is 5.82 Å². The zero-order valence-corrected chi connectivity index (χ0v) is 15.2. The predicted octanol–water partition coefficient (Wildman–Crippen LogP) is 4.68. The maximum Gasteiger partial charge on any atom is 0.345 e. The van der Waals surface area contributed by atoms with Crippen LogP contribution in [0.1, 0.15) is 9.67 Å². The number of aromatic nitrogens is 4. The van der Waals surface area contributed by atoms with Crippen LogP contribution in [0.5, 0.6) is 0 Å². The molecule has 3 heterocycles. The lowest BCUT2D eigenvalue weighted by Gasteiger charge is -2.07. The standard InChI is InChI=1S/C20H13N5O2S/c26-20(27)17-8-11-1-2-12(9-16(11)28-17)19-21-6-5-18(24-19)23-14-3-4-15-13(7-14)10-22-25-15/h1-10H,(H,22,25)(H,26,27)(H,21,23,24). The number of hydrogen-bond donors (Lipinski definition) is 3. The van der Waals surface area contributed by atoms with Crippen molar-refractivity contribution in [1.82, 2.24) is 20.2 Å². The molecule has 0 bridgehead atoms. The first-order valence-electron chi connectivity index (χ1n) is 8.46. The summed E-state index contributed by atoms with van der Waals surface area (Å²) in [6.45, 7) is 0. The number of carboxylic acid groups (broad SMARTS) is 1. The molecule has 5 aromatic rings. The SMILES string of the molecule is O=C(O)c1cc2ccc(-c3nccc(Nc4ccc5[nH]ncc5c4)n3)cc2s1. The third kappa shape index (κ3) is 2.95. The van der Waals surface area contributed by atoms with Crippen molar-refractivity contribution in [3.05, 3.63) is 65.8 Å². The van der Waals surface area contributed by atoms with Gasteiger partial charge in [-0.3, -0.25) is 5.10 Å². The molecule has 5 rings (SSSR count). The zero-order chi connectivity index (χ0) is 19.1. The van der Waals surface area contributed by atoms with Crippen LogP contribution in [0.4, 0.5) is 11.5 Å². The molecule has 3 aromatic heterocycles. The molecule has 0 atom stereocenters. The van der Waals surface area contributed by atoms with Gasteiger partial charge in [0.1, 0.15) is 10.7 Å². The van der Waals surface area contributed by atoms with Crippen LogP contribution >= 0.6 is 11.3 Å². The van der Waals surface area contributed by atoms with Crippen LogP contribution in [0.3, 0.4) is 0 Å². The fourth-order valence-electron chi connectivity index (χ4n) is 3.01. The number of carbonyl (C=O) groups is 1. The highest BCUT2D eigenvalue weighted by Gasteiger charge is 2.10. The van der Waals surface area contributed by atoms with E-state index >= 15 is 0 Å². The van der Waals surface area contributed by atoms with E-state index in [1.54, 1.807) is 24.5 Å². The lowest BCUT2D eigenvalue weighted by molar-refractivity contribution is 0.0702. The fraction of sp³-hybridized carbons (Fsp3) is 0. The van der Waals surface area contributed by atoms with Crippen molar-refractivity contribution in [2.75, 3.05) is 5.32 Å². The van der Waals surface area contributed by atoms with Crippen molar-refractivity contribution in [2.24, 2.45) is 0 Å². The first-order valence-corrected chi connectivity index (χ1v) is 9.28. The summed E-state index contributed by atoms with van der Waals surface area (Å²) in [6, 6.07) is 15.1. The second-order valence-electron chi connectivity index (χ2n) is 6.23. The molecule has 0 fully saturated rings. The summed E-state index contributed by atoms with van der Waals surface area (Å²) in [5.41, 5.74) is 2.71. The van der Waals surface area contributed by atoms with E-state index in [1.165, 1.54) is 11.3 Å². The van der Waals surface area contributed by atoms with E-state index in [4.69, 9.17) is 0 Å². The van der Waals surface area contributed by atoms with Gasteiger partial charge in [-0.15, -0.1) is 11.3 Å². The number of H-pyrrole nitrogens is 1. The summed E-state index contributed by atoms with van der Waals surface area (Å²) in [5.74, 6) is 0.326. The van der Waals surface area contributed by atoms with Gasteiger partial charge in [-0.2, -0.15) is 5.10 Å².